The number of carbonyl (C=O) groups excluding carboxylic acids is 1. The van der Waals surface area contributed by atoms with Crippen molar-refractivity contribution in [3.63, 3.8) is 0 Å². The monoisotopic (exact) mass is 306 g/mol. The second-order valence-electron chi connectivity index (χ2n) is 6.22. The largest absolute Gasteiger partial charge is 0.371 e. The van der Waals surface area contributed by atoms with E-state index in [9.17, 15) is 25.7 Å². The van der Waals surface area contributed by atoms with Crippen LogP contribution in [0.1, 0.15) is 24.8 Å². The van der Waals surface area contributed by atoms with Crippen LogP contribution in [0.15, 0.2) is 30.3 Å². The van der Waals surface area contributed by atoms with Gasteiger partial charge in [0.05, 0.1) is 18.2 Å². The van der Waals surface area contributed by atoms with Gasteiger partial charge in [0.15, 0.2) is 10.8 Å². The van der Waals surface area contributed by atoms with Crippen molar-refractivity contribution in [2.75, 3.05) is 0 Å². The van der Waals surface area contributed by atoms with Crippen molar-refractivity contribution in [3.8, 4) is 18.2 Å². The van der Waals surface area contributed by atoms with Crippen LogP contribution in [0.3, 0.4) is 0 Å². The summed E-state index contributed by atoms with van der Waals surface area (Å²) in [5, 5.41) is 42.7. The minimum atomic E-state index is -1.91. The van der Waals surface area contributed by atoms with Gasteiger partial charge in [0.2, 0.25) is 5.91 Å². The van der Waals surface area contributed by atoms with E-state index in [1.54, 1.807) is 30.3 Å². The Labute approximate surface area is 133 Å². The zero-order valence-corrected chi connectivity index (χ0v) is 12.4. The SMILES string of the molecule is C[C@@H]1[C@@]2(O)C[C@H](c3ccccc3)C(C#N)(C#N)[C@]1(C#N)C(=O)N2. The molecule has 4 atom stereocenters. The fraction of sp³-hybridized carbons (Fsp3) is 0.412. The molecule has 1 aliphatic carbocycles. The Bertz CT molecular complexity index is 787. The zero-order chi connectivity index (χ0) is 16.9. The molecule has 0 aromatic heterocycles. The number of nitrogens with one attached hydrogen (secondary N) is 1. The van der Waals surface area contributed by atoms with Gasteiger partial charge in [-0.25, -0.2) is 0 Å². The van der Waals surface area contributed by atoms with Crippen molar-refractivity contribution in [1.29, 1.82) is 15.8 Å². The number of aliphatic hydroxyl groups is 1. The number of fused-ring (bicyclic) bond motifs is 2. The number of amides is 1. The summed E-state index contributed by atoms with van der Waals surface area (Å²) in [4.78, 5) is 12.5. The van der Waals surface area contributed by atoms with E-state index >= 15 is 0 Å². The van der Waals surface area contributed by atoms with Crippen LogP contribution in [0.4, 0.5) is 0 Å². The Balaban J connectivity index is 2.34. The second kappa shape index (κ2) is 4.56. The number of nitrogens with zero attached hydrogens (tertiary/aromatic N) is 3. The molecule has 1 saturated carbocycles. The highest BCUT2D eigenvalue weighted by Crippen LogP contribution is 2.64. The van der Waals surface area contributed by atoms with Crippen LogP contribution in [0, 0.1) is 50.7 Å². The van der Waals surface area contributed by atoms with Crippen molar-refractivity contribution in [3.05, 3.63) is 35.9 Å². The minimum Gasteiger partial charge on any atom is -0.371 e. The Morgan fingerprint density at radius 3 is 2.30 bits per heavy atom. The van der Waals surface area contributed by atoms with Gasteiger partial charge in [-0.15, -0.1) is 0 Å². The molecule has 3 rings (SSSR count). The van der Waals surface area contributed by atoms with Gasteiger partial charge in [0.25, 0.3) is 0 Å². The van der Waals surface area contributed by atoms with Crippen molar-refractivity contribution in [2.45, 2.75) is 25.0 Å². The molecule has 1 aliphatic heterocycles. The molecule has 6 heteroatoms. The molecule has 1 aromatic rings. The number of hydrogen-bond donors (Lipinski definition) is 2. The number of hydrogen-bond acceptors (Lipinski definition) is 5. The zero-order valence-electron chi connectivity index (χ0n) is 12.4. The van der Waals surface area contributed by atoms with E-state index in [1.165, 1.54) is 6.92 Å². The fourth-order valence-electron chi connectivity index (χ4n) is 4.09. The highest BCUT2D eigenvalue weighted by atomic mass is 16.3. The summed E-state index contributed by atoms with van der Waals surface area (Å²) in [7, 11) is 0. The standard InChI is InChI=1S/C17H14N4O2/c1-11-16(10-20)14(22)21-17(11,23)7-13(15(16,8-18)9-19)12-5-3-2-4-6-12/h2-6,11,13,23H,7H2,1H3,(H,21,22)/t11-,13+,16-,17-/m0/s1. The molecule has 6 nitrogen and oxygen atoms in total. The van der Waals surface area contributed by atoms with E-state index in [2.05, 4.69) is 5.32 Å². The quantitative estimate of drug-likeness (QED) is 0.806. The Kier molecular flexibility index (Phi) is 2.98. The highest BCUT2D eigenvalue weighted by Gasteiger charge is 2.77. The van der Waals surface area contributed by atoms with Gasteiger partial charge < -0.3 is 10.4 Å². The van der Waals surface area contributed by atoms with Crippen molar-refractivity contribution in [2.24, 2.45) is 16.7 Å². The van der Waals surface area contributed by atoms with E-state index in [0.717, 1.165) is 0 Å². The Hall–Kier alpha value is -2.88. The molecule has 0 radical (unpaired) electrons. The molecule has 1 aromatic carbocycles. The maximum Gasteiger partial charge on any atom is 0.245 e. The van der Waals surface area contributed by atoms with Crippen molar-refractivity contribution < 1.29 is 9.90 Å². The number of rotatable bonds is 1. The molecule has 0 unspecified atom stereocenters. The lowest BCUT2D eigenvalue weighted by molar-refractivity contribution is -0.130. The molecule has 23 heavy (non-hydrogen) atoms. The van der Waals surface area contributed by atoms with Gasteiger partial charge in [0.1, 0.15) is 5.72 Å². The summed E-state index contributed by atoms with van der Waals surface area (Å²) in [6.07, 6.45) is 0.00840. The molecular weight excluding hydrogens is 292 g/mol. The number of carbonyl (C=O) groups is 1. The van der Waals surface area contributed by atoms with Crippen LogP contribution in [0.25, 0.3) is 0 Å². The lowest BCUT2D eigenvalue weighted by atomic mass is 9.48. The van der Waals surface area contributed by atoms with Gasteiger partial charge in [-0.2, -0.15) is 15.8 Å². The molecule has 2 aliphatic rings. The van der Waals surface area contributed by atoms with E-state index in [0.29, 0.717) is 5.56 Å². The average Bonchev–Trinajstić information content (AvgIpc) is 2.71. The Morgan fingerprint density at radius 2 is 1.78 bits per heavy atom. The molecule has 1 heterocycles. The van der Waals surface area contributed by atoms with E-state index in [4.69, 9.17) is 0 Å². The smallest absolute Gasteiger partial charge is 0.245 e. The van der Waals surface area contributed by atoms with Gasteiger partial charge in [0, 0.05) is 18.3 Å². The first kappa shape index (κ1) is 15.0. The second-order valence-corrected chi connectivity index (χ2v) is 6.22. The molecule has 1 saturated heterocycles. The molecule has 2 bridgehead atoms. The van der Waals surface area contributed by atoms with Crippen LogP contribution >= 0.6 is 0 Å². The van der Waals surface area contributed by atoms with Gasteiger partial charge in [-0.05, 0) is 5.56 Å². The van der Waals surface area contributed by atoms with Crippen LogP contribution < -0.4 is 5.32 Å². The predicted molar refractivity (Wildman–Crippen MR) is 77.8 cm³/mol. The summed E-state index contributed by atoms with van der Waals surface area (Å²) in [6.45, 7) is 1.53. The summed E-state index contributed by atoms with van der Waals surface area (Å²) in [5.41, 5.74) is -4.74. The third-order valence-corrected chi connectivity index (χ3v) is 5.45. The average molecular weight is 306 g/mol. The topological polar surface area (TPSA) is 121 Å². The Morgan fingerprint density at radius 1 is 1.17 bits per heavy atom. The van der Waals surface area contributed by atoms with Crippen molar-refractivity contribution >= 4 is 5.91 Å². The molecule has 1 amide bonds. The van der Waals surface area contributed by atoms with Crippen LogP contribution in [-0.4, -0.2) is 16.7 Å². The maximum atomic E-state index is 12.5. The van der Waals surface area contributed by atoms with E-state index < -0.39 is 34.3 Å². The maximum absolute atomic E-state index is 12.5. The van der Waals surface area contributed by atoms with Crippen LogP contribution in [-0.2, 0) is 4.79 Å². The summed E-state index contributed by atoms with van der Waals surface area (Å²) in [6, 6.07) is 14.6. The fourth-order valence-corrected chi connectivity index (χ4v) is 4.09. The molecular formula is C17H14N4O2. The molecule has 114 valence electrons. The van der Waals surface area contributed by atoms with E-state index in [1.807, 2.05) is 18.2 Å². The predicted octanol–water partition coefficient (Wildman–Crippen LogP) is 1.17. The van der Waals surface area contributed by atoms with Crippen LogP contribution in [0.2, 0.25) is 0 Å². The lowest BCUT2D eigenvalue weighted by Crippen LogP contribution is -2.57. The highest BCUT2D eigenvalue weighted by molar-refractivity contribution is 5.92. The van der Waals surface area contributed by atoms with Gasteiger partial charge >= 0.3 is 0 Å². The molecule has 2 N–H and O–H groups in total. The van der Waals surface area contributed by atoms with Gasteiger partial charge in [-0.3, -0.25) is 4.79 Å². The first-order valence-electron chi connectivity index (χ1n) is 7.25. The van der Waals surface area contributed by atoms with Crippen molar-refractivity contribution in [1.82, 2.24) is 5.32 Å². The molecule has 0 spiro atoms. The van der Waals surface area contributed by atoms with E-state index in [-0.39, 0.29) is 6.42 Å². The summed E-state index contributed by atoms with van der Waals surface area (Å²) in [5.74, 6) is -2.37. The normalized spacial score (nSPS) is 37.1. The third-order valence-electron chi connectivity index (χ3n) is 5.45. The lowest BCUT2D eigenvalue weighted by Gasteiger charge is -2.48. The summed E-state index contributed by atoms with van der Waals surface area (Å²) >= 11 is 0. The number of nitriles is 3. The summed E-state index contributed by atoms with van der Waals surface area (Å²) < 4.78 is 0. The van der Waals surface area contributed by atoms with Crippen LogP contribution in [0.5, 0.6) is 0 Å². The third kappa shape index (κ3) is 1.50. The van der Waals surface area contributed by atoms with Gasteiger partial charge in [-0.1, -0.05) is 37.3 Å². The number of benzene rings is 1. The molecule has 2 fully saturated rings. The minimum absolute atomic E-state index is 0.00840. The first-order chi connectivity index (χ1) is 10.9. The first-order valence-corrected chi connectivity index (χ1v) is 7.25.